The Labute approximate surface area is 167 Å². The topological polar surface area (TPSA) is 63.5 Å². The molecule has 8 heteroatoms. The normalized spacial score (nSPS) is 20.1. The summed E-state index contributed by atoms with van der Waals surface area (Å²) in [6.45, 7) is 5.48. The third-order valence-electron chi connectivity index (χ3n) is 5.32. The molecular formula is C21H22FN5O2. The van der Waals surface area contributed by atoms with Gasteiger partial charge in [0.15, 0.2) is 6.73 Å². The lowest BCUT2D eigenvalue weighted by Crippen LogP contribution is -2.55. The fourth-order valence-corrected chi connectivity index (χ4v) is 3.65. The summed E-state index contributed by atoms with van der Waals surface area (Å²) in [6, 6.07) is 13.8. The molecule has 0 N–H and O–H groups in total. The SMILES string of the molecule is C[C@@H]1C(=C=O)N(Cc2ccc(F)cc2)[C@@H](C)CN1COn1nnc2ccccc21. The zero-order valence-corrected chi connectivity index (χ0v) is 16.3. The summed E-state index contributed by atoms with van der Waals surface area (Å²) < 4.78 is 13.2. The van der Waals surface area contributed by atoms with Crippen molar-refractivity contribution in [1.82, 2.24) is 25.0 Å². The zero-order valence-electron chi connectivity index (χ0n) is 16.3. The average Bonchev–Trinajstić information content (AvgIpc) is 3.14. The first-order chi connectivity index (χ1) is 14.1. The largest absolute Gasteiger partial charge is 0.379 e. The molecule has 0 spiro atoms. The summed E-state index contributed by atoms with van der Waals surface area (Å²) in [7, 11) is 0. The van der Waals surface area contributed by atoms with Crippen LogP contribution in [-0.4, -0.2) is 56.3 Å². The number of hydrogen-bond acceptors (Lipinski definition) is 6. The maximum atomic E-state index is 13.2. The van der Waals surface area contributed by atoms with Crippen molar-refractivity contribution >= 4 is 17.0 Å². The maximum Gasteiger partial charge on any atom is 0.171 e. The van der Waals surface area contributed by atoms with Gasteiger partial charge in [0.05, 0.1) is 6.04 Å². The van der Waals surface area contributed by atoms with Crippen LogP contribution >= 0.6 is 0 Å². The van der Waals surface area contributed by atoms with Gasteiger partial charge in [-0.1, -0.05) is 29.1 Å². The third-order valence-corrected chi connectivity index (χ3v) is 5.32. The van der Waals surface area contributed by atoms with Crippen molar-refractivity contribution in [3.05, 3.63) is 65.6 Å². The molecule has 2 aromatic carbocycles. The van der Waals surface area contributed by atoms with Crippen LogP contribution in [0.4, 0.5) is 4.39 Å². The second kappa shape index (κ2) is 8.03. The first-order valence-corrected chi connectivity index (χ1v) is 9.50. The van der Waals surface area contributed by atoms with Gasteiger partial charge in [-0.2, -0.15) is 0 Å². The molecular weight excluding hydrogens is 373 g/mol. The monoisotopic (exact) mass is 395 g/mol. The lowest BCUT2D eigenvalue weighted by Gasteiger charge is -2.44. The Balaban J connectivity index is 1.47. The van der Waals surface area contributed by atoms with E-state index >= 15 is 0 Å². The van der Waals surface area contributed by atoms with E-state index in [0.717, 1.165) is 16.6 Å². The molecule has 1 aliphatic rings. The van der Waals surface area contributed by atoms with Crippen molar-refractivity contribution in [3.63, 3.8) is 0 Å². The van der Waals surface area contributed by atoms with Crippen molar-refractivity contribution in [2.75, 3.05) is 13.3 Å². The fourth-order valence-electron chi connectivity index (χ4n) is 3.65. The van der Waals surface area contributed by atoms with E-state index in [1.807, 2.05) is 43.0 Å². The van der Waals surface area contributed by atoms with Crippen LogP contribution in [0.5, 0.6) is 0 Å². The van der Waals surface area contributed by atoms with Gasteiger partial charge in [0.1, 0.15) is 28.5 Å². The van der Waals surface area contributed by atoms with Crippen molar-refractivity contribution < 1.29 is 14.0 Å². The summed E-state index contributed by atoms with van der Waals surface area (Å²) in [5, 5.41) is 8.11. The van der Waals surface area contributed by atoms with Gasteiger partial charge in [-0.25, -0.2) is 9.18 Å². The first kappa shape index (κ1) is 19.1. The number of fused-ring (bicyclic) bond motifs is 1. The van der Waals surface area contributed by atoms with Crippen molar-refractivity contribution in [3.8, 4) is 0 Å². The quantitative estimate of drug-likeness (QED) is 0.618. The summed E-state index contributed by atoms with van der Waals surface area (Å²) >= 11 is 0. The Bertz CT molecular complexity index is 1040. The van der Waals surface area contributed by atoms with Crippen LogP contribution in [0.2, 0.25) is 0 Å². The predicted octanol–water partition coefficient (Wildman–Crippen LogP) is 2.27. The summed E-state index contributed by atoms with van der Waals surface area (Å²) in [4.78, 5) is 23.1. The van der Waals surface area contributed by atoms with Crippen LogP contribution in [0, 0.1) is 5.82 Å². The molecule has 3 aromatic rings. The van der Waals surface area contributed by atoms with Crippen LogP contribution in [-0.2, 0) is 11.3 Å². The Morgan fingerprint density at radius 2 is 1.93 bits per heavy atom. The van der Waals surface area contributed by atoms with Crippen LogP contribution in [0.25, 0.3) is 11.0 Å². The number of halogens is 1. The average molecular weight is 395 g/mol. The molecule has 2 atom stereocenters. The molecule has 1 aliphatic heterocycles. The first-order valence-electron chi connectivity index (χ1n) is 9.50. The minimum Gasteiger partial charge on any atom is -0.379 e. The van der Waals surface area contributed by atoms with Crippen molar-refractivity contribution in [2.24, 2.45) is 0 Å². The predicted molar refractivity (Wildman–Crippen MR) is 106 cm³/mol. The molecule has 150 valence electrons. The Morgan fingerprint density at radius 3 is 2.69 bits per heavy atom. The lowest BCUT2D eigenvalue weighted by atomic mass is 10.0. The van der Waals surface area contributed by atoms with Crippen LogP contribution in [0.3, 0.4) is 0 Å². The van der Waals surface area contributed by atoms with Crippen molar-refractivity contribution in [1.29, 1.82) is 0 Å². The van der Waals surface area contributed by atoms with E-state index in [-0.39, 0.29) is 24.6 Å². The molecule has 0 unspecified atom stereocenters. The van der Waals surface area contributed by atoms with E-state index in [4.69, 9.17) is 4.84 Å². The number of rotatable bonds is 5. The molecule has 1 aromatic heterocycles. The number of para-hydroxylation sites is 1. The van der Waals surface area contributed by atoms with Gasteiger partial charge >= 0.3 is 0 Å². The number of aromatic nitrogens is 3. The summed E-state index contributed by atoms with van der Waals surface area (Å²) in [5.41, 5.74) is 3.04. The second-order valence-corrected chi connectivity index (χ2v) is 7.25. The third kappa shape index (κ3) is 3.85. The Kier molecular flexibility index (Phi) is 5.29. The van der Waals surface area contributed by atoms with Gasteiger partial charge in [-0.15, -0.1) is 5.10 Å². The number of nitrogens with zero attached hydrogens (tertiary/aromatic N) is 5. The summed E-state index contributed by atoms with van der Waals surface area (Å²) in [5.74, 6) is 1.83. The van der Waals surface area contributed by atoms with E-state index in [1.54, 1.807) is 12.1 Å². The number of piperazine rings is 1. The van der Waals surface area contributed by atoms with Gasteiger partial charge in [0, 0.05) is 19.1 Å². The molecule has 0 radical (unpaired) electrons. The number of carbonyl (C=O) groups excluding carboxylic acids is 1. The van der Waals surface area contributed by atoms with E-state index in [0.29, 0.717) is 18.8 Å². The van der Waals surface area contributed by atoms with Gasteiger partial charge in [-0.3, -0.25) is 4.90 Å². The molecule has 0 aliphatic carbocycles. The fraction of sp³-hybridized carbons (Fsp3) is 0.333. The highest BCUT2D eigenvalue weighted by Gasteiger charge is 2.34. The molecule has 1 fully saturated rings. The summed E-state index contributed by atoms with van der Waals surface area (Å²) in [6.07, 6.45) is 0. The van der Waals surface area contributed by atoms with E-state index in [9.17, 15) is 9.18 Å². The number of benzene rings is 2. The highest BCUT2D eigenvalue weighted by Crippen LogP contribution is 2.25. The standard InChI is InChI=1S/C21H22FN5O2/c1-15-11-25(14-29-27-20-6-4-3-5-19(20)23-24-27)16(2)21(13-28)26(15)12-17-7-9-18(22)10-8-17/h3-10,15-16H,11-12,14H2,1-2H3/t15-,16+/m0/s1. The Morgan fingerprint density at radius 1 is 1.17 bits per heavy atom. The van der Waals surface area contributed by atoms with Gasteiger partial charge in [-0.05, 0) is 48.9 Å². The van der Waals surface area contributed by atoms with Crippen LogP contribution < -0.4 is 4.84 Å². The minimum atomic E-state index is -0.274. The molecule has 29 heavy (non-hydrogen) atoms. The molecule has 2 heterocycles. The van der Waals surface area contributed by atoms with Crippen LogP contribution in [0.1, 0.15) is 19.4 Å². The minimum absolute atomic E-state index is 0.0591. The smallest absolute Gasteiger partial charge is 0.171 e. The molecule has 4 rings (SSSR count). The highest BCUT2D eigenvalue weighted by atomic mass is 19.1. The van der Waals surface area contributed by atoms with E-state index < -0.39 is 0 Å². The van der Waals surface area contributed by atoms with Crippen molar-refractivity contribution in [2.45, 2.75) is 32.5 Å². The molecule has 0 saturated carbocycles. The number of hydrogen-bond donors (Lipinski definition) is 0. The second-order valence-electron chi connectivity index (χ2n) is 7.25. The molecule has 7 nitrogen and oxygen atoms in total. The highest BCUT2D eigenvalue weighted by molar-refractivity contribution is 5.73. The molecule has 0 bridgehead atoms. The molecule has 1 saturated heterocycles. The van der Waals surface area contributed by atoms with E-state index in [2.05, 4.69) is 21.2 Å². The molecule has 0 amide bonds. The zero-order chi connectivity index (χ0) is 20.4. The Hall–Kier alpha value is -3.22. The van der Waals surface area contributed by atoms with Gasteiger partial charge in [0.2, 0.25) is 0 Å². The lowest BCUT2D eigenvalue weighted by molar-refractivity contribution is -0.0371. The van der Waals surface area contributed by atoms with Crippen LogP contribution in [0.15, 0.2) is 54.2 Å². The maximum absolute atomic E-state index is 13.2. The van der Waals surface area contributed by atoms with Gasteiger partial charge < -0.3 is 9.74 Å². The van der Waals surface area contributed by atoms with E-state index in [1.165, 1.54) is 17.0 Å². The van der Waals surface area contributed by atoms with Gasteiger partial charge in [0.25, 0.3) is 0 Å².